The number of nitrogens with one attached hydrogen (secondary N) is 1. The van der Waals surface area contributed by atoms with Crippen LogP contribution in [0.25, 0.3) is 0 Å². The van der Waals surface area contributed by atoms with Crippen LogP contribution in [0.3, 0.4) is 0 Å². The number of ether oxygens (including phenoxy) is 1. The first-order valence-electron chi connectivity index (χ1n) is 6.67. The molecule has 0 aromatic heterocycles. The van der Waals surface area contributed by atoms with Crippen LogP contribution in [0.4, 0.5) is 4.79 Å². The van der Waals surface area contributed by atoms with E-state index in [2.05, 4.69) is 5.32 Å². The summed E-state index contributed by atoms with van der Waals surface area (Å²) in [5.74, 6) is -1.76. The molecule has 8 heteroatoms. The number of carbonyl (C=O) groups is 3. The number of aliphatic carboxylic acids is 1. The monoisotopic (exact) mass is 285 g/mol. The number of nitrogens with zero attached hydrogens (tertiary/aromatic N) is 1. The maximum absolute atomic E-state index is 12.1. The number of carboxylic acids is 1. The summed E-state index contributed by atoms with van der Waals surface area (Å²) < 4.78 is 5.61. The fraction of sp³-hybridized carbons (Fsp3) is 0.750. The van der Waals surface area contributed by atoms with Gasteiger partial charge in [0.05, 0.1) is 12.2 Å². The predicted octanol–water partition coefficient (Wildman–Crippen LogP) is -0.722. The number of carbonyl (C=O) groups excluding carboxylic acids is 2. The van der Waals surface area contributed by atoms with Crippen LogP contribution in [-0.2, 0) is 14.3 Å². The molecule has 2 fully saturated rings. The molecular weight excluding hydrogens is 266 g/mol. The van der Waals surface area contributed by atoms with Crippen LogP contribution in [0.5, 0.6) is 0 Å². The second-order valence-electron chi connectivity index (χ2n) is 5.21. The average molecular weight is 285 g/mol. The Kier molecular flexibility index (Phi) is 4.43. The largest absolute Gasteiger partial charge is 0.480 e. The molecule has 112 valence electrons. The summed E-state index contributed by atoms with van der Waals surface area (Å²) >= 11 is 0. The smallest absolute Gasteiger partial charge is 0.326 e. The maximum atomic E-state index is 12.1. The van der Waals surface area contributed by atoms with E-state index in [1.165, 1.54) is 0 Å². The zero-order valence-electron chi connectivity index (χ0n) is 11.1. The average Bonchev–Trinajstić information content (AvgIpc) is 2.72. The molecule has 0 aliphatic carbocycles. The molecule has 3 atom stereocenters. The minimum atomic E-state index is -1.17. The van der Waals surface area contributed by atoms with Gasteiger partial charge in [-0.1, -0.05) is 0 Å². The van der Waals surface area contributed by atoms with Crippen molar-refractivity contribution in [3.8, 4) is 0 Å². The lowest BCUT2D eigenvalue weighted by molar-refractivity contribution is -0.139. The van der Waals surface area contributed by atoms with Gasteiger partial charge in [-0.2, -0.15) is 0 Å². The molecule has 2 heterocycles. The van der Waals surface area contributed by atoms with Crippen LogP contribution in [0.2, 0.25) is 0 Å². The number of carboxylic acid groups (broad SMARTS) is 1. The third-order valence-corrected chi connectivity index (χ3v) is 3.61. The van der Waals surface area contributed by atoms with Crippen molar-refractivity contribution in [2.75, 3.05) is 13.1 Å². The third kappa shape index (κ3) is 3.60. The molecule has 0 spiro atoms. The van der Waals surface area contributed by atoms with Crippen molar-refractivity contribution in [1.29, 1.82) is 0 Å². The Balaban J connectivity index is 1.87. The van der Waals surface area contributed by atoms with Gasteiger partial charge in [0.1, 0.15) is 6.04 Å². The Morgan fingerprint density at radius 1 is 1.30 bits per heavy atom. The number of fused-ring (bicyclic) bond motifs is 2. The van der Waals surface area contributed by atoms with E-state index >= 15 is 0 Å². The molecule has 20 heavy (non-hydrogen) atoms. The van der Waals surface area contributed by atoms with Gasteiger partial charge in [0.25, 0.3) is 0 Å². The Hall–Kier alpha value is -1.83. The normalized spacial score (nSPS) is 26.1. The van der Waals surface area contributed by atoms with Crippen LogP contribution in [0.15, 0.2) is 0 Å². The number of nitrogens with two attached hydrogens (primary N) is 1. The zero-order valence-corrected chi connectivity index (χ0v) is 11.1. The highest BCUT2D eigenvalue weighted by atomic mass is 16.5. The fourth-order valence-electron chi connectivity index (χ4n) is 2.56. The van der Waals surface area contributed by atoms with Gasteiger partial charge in [-0.3, -0.25) is 4.79 Å². The number of hydrogen-bond donors (Lipinski definition) is 3. The van der Waals surface area contributed by atoms with E-state index in [-0.39, 0.29) is 25.0 Å². The van der Waals surface area contributed by atoms with Crippen LogP contribution in [0.1, 0.15) is 25.7 Å². The van der Waals surface area contributed by atoms with Gasteiger partial charge in [-0.15, -0.1) is 0 Å². The second-order valence-corrected chi connectivity index (χ2v) is 5.21. The highest BCUT2D eigenvalue weighted by molar-refractivity contribution is 5.83. The first-order valence-corrected chi connectivity index (χ1v) is 6.67. The van der Waals surface area contributed by atoms with Gasteiger partial charge in [0.15, 0.2) is 0 Å². The van der Waals surface area contributed by atoms with Crippen molar-refractivity contribution in [1.82, 2.24) is 10.2 Å². The van der Waals surface area contributed by atoms with Crippen molar-refractivity contribution in [3.63, 3.8) is 0 Å². The van der Waals surface area contributed by atoms with E-state index in [1.54, 1.807) is 4.90 Å². The number of amides is 3. The molecule has 2 aliphatic rings. The third-order valence-electron chi connectivity index (χ3n) is 3.61. The maximum Gasteiger partial charge on any atom is 0.326 e. The highest BCUT2D eigenvalue weighted by Crippen LogP contribution is 2.26. The summed E-state index contributed by atoms with van der Waals surface area (Å²) in [5, 5.41) is 11.5. The molecule has 2 unspecified atom stereocenters. The summed E-state index contributed by atoms with van der Waals surface area (Å²) in [7, 11) is 0. The predicted molar refractivity (Wildman–Crippen MR) is 67.9 cm³/mol. The Morgan fingerprint density at radius 3 is 2.40 bits per heavy atom. The quantitative estimate of drug-likeness (QED) is 0.615. The molecule has 4 N–H and O–H groups in total. The summed E-state index contributed by atoms with van der Waals surface area (Å²) in [6, 6.07) is -1.53. The summed E-state index contributed by atoms with van der Waals surface area (Å²) in [6.07, 6.45) is 1.87. The molecule has 0 radical (unpaired) electrons. The molecule has 8 nitrogen and oxygen atoms in total. The van der Waals surface area contributed by atoms with Gasteiger partial charge in [-0.25, -0.2) is 9.59 Å². The fourth-order valence-corrected chi connectivity index (χ4v) is 2.56. The SMILES string of the molecule is NC(=O)CC[C@@H](NC(=O)N1CC2CCC(C1)O2)C(=O)O. The van der Waals surface area contributed by atoms with E-state index in [1.807, 2.05) is 0 Å². The lowest BCUT2D eigenvalue weighted by atomic mass is 10.1. The van der Waals surface area contributed by atoms with E-state index in [4.69, 9.17) is 15.6 Å². The summed E-state index contributed by atoms with van der Waals surface area (Å²) in [6.45, 7) is 0.953. The minimum Gasteiger partial charge on any atom is -0.480 e. The molecular formula is C12H19N3O5. The van der Waals surface area contributed by atoms with Crippen molar-refractivity contribution < 1.29 is 24.2 Å². The number of rotatable bonds is 5. The lowest BCUT2D eigenvalue weighted by Gasteiger charge is -2.32. The molecule has 2 aliphatic heterocycles. The second kappa shape index (κ2) is 6.08. The van der Waals surface area contributed by atoms with Crippen LogP contribution < -0.4 is 11.1 Å². The number of morpholine rings is 1. The van der Waals surface area contributed by atoms with E-state index < -0.39 is 23.9 Å². The van der Waals surface area contributed by atoms with Crippen LogP contribution in [-0.4, -0.2) is 59.3 Å². The van der Waals surface area contributed by atoms with Crippen molar-refractivity contribution in [2.45, 2.75) is 43.9 Å². The van der Waals surface area contributed by atoms with Crippen LogP contribution in [0, 0.1) is 0 Å². The van der Waals surface area contributed by atoms with Gasteiger partial charge < -0.3 is 25.8 Å². The molecule has 0 aromatic carbocycles. The van der Waals surface area contributed by atoms with Gasteiger partial charge >= 0.3 is 12.0 Å². The number of urea groups is 1. The molecule has 0 saturated carbocycles. The Morgan fingerprint density at radius 2 is 1.90 bits per heavy atom. The highest BCUT2D eigenvalue weighted by Gasteiger charge is 2.36. The van der Waals surface area contributed by atoms with E-state index in [9.17, 15) is 14.4 Å². The number of primary amides is 1. The standard InChI is InChI=1S/C12H19N3O5/c13-10(16)4-3-9(11(17)18)14-12(19)15-5-7-1-2-8(6-15)20-7/h7-9H,1-6H2,(H2,13,16)(H,14,19)(H,17,18)/t7?,8?,9-/m1/s1. The number of hydrogen-bond acceptors (Lipinski definition) is 4. The lowest BCUT2D eigenvalue weighted by Crippen LogP contribution is -2.53. The van der Waals surface area contributed by atoms with Crippen molar-refractivity contribution in [3.05, 3.63) is 0 Å². The van der Waals surface area contributed by atoms with Crippen molar-refractivity contribution >= 4 is 17.9 Å². The molecule has 0 aromatic rings. The first-order chi connectivity index (χ1) is 9.45. The van der Waals surface area contributed by atoms with Gasteiger partial charge in [0, 0.05) is 19.5 Å². The number of likely N-dealkylation sites (tertiary alicyclic amines) is 1. The first kappa shape index (κ1) is 14.6. The summed E-state index contributed by atoms with van der Waals surface area (Å²) in [5.41, 5.74) is 4.99. The van der Waals surface area contributed by atoms with Crippen LogP contribution >= 0.6 is 0 Å². The van der Waals surface area contributed by atoms with Gasteiger partial charge in [-0.05, 0) is 19.3 Å². The molecule has 2 rings (SSSR count). The van der Waals surface area contributed by atoms with Crippen molar-refractivity contribution in [2.24, 2.45) is 5.73 Å². The van der Waals surface area contributed by atoms with E-state index in [0.29, 0.717) is 13.1 Å². The Bertz CT molecular complexity index is 402. The van der Waals surface area contributed by atoms with E-state index in [0.717, 1.165) is 12.8 Å². The minimum absolute atomic E-state index is 0.00635. The molecule has 3 amide bonds. The Labute approximate surface area is 116 Å². The molecule has 2 bridgehead atoms. The van der Waals surface area contributed by atoms with Gasteiger partial charge in [0.2, 0.25) is 5.91 Å². The zero-order chi connectivity index (χ0) is 14.7. The topological polar surface area (TPSA) is 122 Å². The molecule has 2 saturated heterocycles. The summed E-state index contributed by atoms with van der Waals surface area (Å²) in [4.78, 5) is 35.4.